The van der Waals surface area contributed by atoms with E-state index in [2.05, 4.69) is 17.2 Å². The van der Waals surface area contributed by atoms with Gasteiger partial charge in [0, 0.05) is 28.9 Å². The van der Waals surface area contributed by atoms with Gasteiger partial charge in [-0.25, -0.2) is 0 Å². The standard InChI is InChI=1S/C24H32Cl2N2O2/c1-2-3-4-5-6-7-8-9-10-11-14-27-24(30)22-15-18(17-28-22)23(29)20-13-12-19(25)16-21(20)26/h12-13,15-17,28H,2-11,14H2,1H3,(H,27,30). The minimum atomic E-state index is -0.248. The van der Waals surface area contributed by atoms with E-state index in [9.17, 15) is 9.59 Å². The van der Waals surface area contributed by atoms with E-state index in [0.29, 0.717) is 33.4 Å². The molecule has 2 aromatic rings. The molecule has 1 aromatic heterocycles. The average Bonchev–Trinajstić information content (AvgIpc) is 3.22. The molecule has 0 aliphatic rings. The molecule has 0 saturated carbocycles. The highest BCUT2D eigenvalue weighted by atomic mass is 35.5. The maximum Gasteiger partial charge on any atom is 0.267 e. The van der Waals surface area contributed by atoms with Crippen molar-refractivity contribution in [3.8, 4) is 0 Å². The Hall–Kier alpha value is -1.78. The van der Waals surface area contributed by atoms with Crippen LogP contribution in [0.1, 0.15) is 97.5 Å². The predicted octanol–water partition coefficient (Wildman–Crippen LogP) is 7.20. The van der Waals surface area contributed by atoms with Gasteiger partial charge in [-0.05, 0) is 30.7 Å². The fourth-order valence-electron chi connectivity index (χ4n) is 3.40. The molecule has 6 heteroatoms. The van der Waals surface area contributed by atoms with Crippen LogP contribution in [0.15, 0.2) is 30.5 Å². The van der Waals surface area contributed by atoms with Crippen molar-refractivity contribution < 1.29 is 9.59 Å². The van der Waals surface area contributed by atoms with Crippen LogP contribution in [0.5, 0.6) is 0 Å². The number of carbonyl (C=O) groups is 2. The molecule has 1 heterocycles. The molecule has 2 rings (SSSR count). The van der Waals surface area contributed by atoms with Crippen molar-refractivity contribution in [2.75, 3.05) is 6.54 Å². The number of H-pyrrole nitrogens is 1. The molecule has 0 aliphatic carbocycles. The lowest BCUT2D eigenvalue weighted by Crippen LogP contribution is -2.24. The van der Waals surface area contributed by atoms with Crippen LogP contribution in [0.25, 0.3) is 0 Å². The van der Waals surface area contributed by atoms with Crippen molar-refractivity contribution in [3.63, 3.8) is 0 Å². The number of aromatic amines is 1. The number of rotatable bonds is 14. The molecule has 164 valence electrons. The maximum absolute atomic E-state index is 12.6. The molecule has 30 heavy (non-hydrogen) atoms. The zero-order valence-electron chi connectivity index (χ0n) is 17.7. The summed E-state index contributed by atoms with van der Waals surface area (Å²) in [6, 6.07) is 6.29. The summed E-state index contributed by atoms with van der Waals surface area (Å²) in [5.74, 6) is -0.450. The first kappa shape index (κ1) is 24.5. The van der Waals surface area contributed by atoms with Gasteiger partial charge in [-0.15, -0.1) is 0 Å². The highest BCUT2D eigenvalue weighted by Gasteiger charge is 2.17. The minimum absolute atomic E-state index is 0.202. The Morgan fingerprint density at radius 3 is 2.17 bits per heavy atom. The van der Waals surface area contributed by atoms with Gasteiger partial charge >= 0.3 is 0 Å². The average molecular weight is 451 g/mol. The summed E-state index contributed by atoms with van der Waals surface area (Å²) >= 11 is 12.0. The molecule has 0 unspecified atom stereocenters. The smallest absolute Gasteiger partial charge is 0.267 e. The third-order valence-corrected chi connectivity index (χ3v) is 5.73. The van der Waals surface area contributed by atoms with E-state index in [1.165, 1.54) is 63.6 Å². The van der Waals surface area contributed by atoms with Crippen LogP contribution in [-0.2, 0) is 0 Å². The summed E-state index contributed by atoms with van der Waals surface area (Å²) in [5.41, 5.74) is 1.12. The molecule has 2 N–H and O–H groups in total. The predicted molar refractivity (Wildman–Crippen MR) is 125 cm³/mol. The van der Waals surface area contributed by atoms with Gasteiger partial charge in [0.15, 0.2) is 5.78 Å². The number of carbonyl (C=O) groups excluding carboxylic acids is 2. The number of ketones is 1. The maximum atomic E-state index is 12.6. The van der Waals surface area contributed by atoms with Gasteiger partial charge < -0.3 is 10.3 Å². The number of benzene rings is 1. The summed E-state index contributed by atoms with van der Waals surface area (Å²) < 4.78 is 0. The van der Waals surface area contributed by atoms with Crippen molar-refractivity contribution in [1.29, 1.82) is 0 Å². The summed E-state index contributed by atoms with van der Waals surface area (Å²) in [7, 11) is 0. The molecule has 0 radical (unpaired) electrons. The molecule has 0 spiro atoms. The molecule has 1 amide bonds. The van der Waals surface area contributed by atoms with Gasteiger partial charge in [-0.1, -0.05) is 87.9 Å². The zero-order chi connectivity index (χ0) is 21.8. The third kappa shape index (κ3) is 8.16. The number of amides is 1. The van der Waals surface area contributed by atoms with E-state index >= 15 is 0 Å². The summed E-state index contributed by atoms with van der Waals surface area (Å²) in [6.45, 7) is 2.88. The Labute approximate surface area is 189 Å². The number of hydrogen-bond donors (Lipinski definition) is 2. The van der Waals surface area contributed by atoms with E-state index in [1.807, 2.05) is 0 Å². The topological polar surface area (TPSA) is 62.0 Å². The first-order chi connectivity index (χ1) is 14.5. The van der Waals surface area contributed by atoms with Crippen LogP contribution in [-0.4, -0.2) is 23.2 Å². The quantitative estimate of drug-likeness (QED) is 0.236. The number of unbranched alkanes of at least 4 members (excludes halogenated alkanes) is 9. The Kier molecular flexibility index (Phi) is 11.0. The Bertz CT molecular complexity index is 817. The minimum Gasteiger partial charge on any atom is -0.356 e. The Balaban J connectivity index is 1.66. The SMILES string of the molecule is CCCCCCCCCCCCNC(=O)c1cc(C(=O)c2ccc(Cl)cc2Cl)c[nH]1. The van der Waals surface area contributed by atoms with Gasteiger partial charge in [0.2, 0.25) is 0 Å². The van der Waals surface area contributed by atoms with Crippen LogP contribution in [0.2, 0.25) is 10.0 Å². The lowest BCUT2D eigenvalue weighted by Gasteiger charge is -2.04. The van der Waals surface area contributed by atoms with E-state index in [0.717, 1.165) is 12.8 Å². The second-order valence-corrected chi connectivity index (χ2v) is 8.54. The van der Waals surface area contributed by atoms with Crippen LogP contribution >= 0.6 is 23.2 Å². The molecular weight excluding hydrogens is 419 g/mol. The van der Waals surface area contributed by atoms with Crippen molar-refractivity contribution in [1.82, 2.24) is 10.3 Å². The van der Waals surface area contributed by atoms with Crippen molar-refractivity contribution in [2.45, 2.75) is 71.1 Å². The molecule has 0 bridgehead atoms. The lowest BCUT2D eigenvalue weighted by atomic mass is 10.1. The summed E-state index contributed by atoms with van der Waals surface area (Å²) in [4.78, 5) is 27.8. The van der Waals surface area contributed by atoms with Gasteiger partial charge in [0.1, 0.15) is 5.69 Å². The van der Waals surface area contributed by atoms with Crippen LogP contribution in [0, 0.1) is 0 Å². The molecule has 4 nitrogen and oxygen atoms in total. The van der Waals surface area contributed by atoms with Gasteiger partial charge in [0.25, 0.3) is 5.91 Å². The van der Waals surface area contributed by atoms with E-state index in [1.54, 1.807) is 18.2 Å². The Morgan fingerprint density at radius 2 is 1.53 bits per heavy atom. The number of nitrogens with one attached hydrogen (secondary N) is 2. The van der Waals surface area contributed by atoms with Crippen LogP contribution < -0.4 is 5.32 Å². The van der Waals surface area contributed by atoms with E-state index in [4.69, 9.17) is 23.2 Å². The molecule has 1 aromatic carbocycles. The zero-order valence-corrected chi connectivity index (χ0v) is 19.2. The van der Waals surface area contributed by atoms with Crippen molar-refractivity contribution in [2.24, 2.45) is 0 Å². The molecule has 0 fully saturated rings. The number of halogens is 2. The normalized spacial score (nSPS) is 10.9. The Morgan fingerprint density at radius 1 is 0.900 bits per heavy atom. The second kappa shape index (κ2) is 13.5. The van der Waals surface area contributed by atoms with Gasteiger partial charge in [0.05, 0.1) is 5.02 Å². The van der Waals surface area contributed by atoms with Crippen LogP contribution in [0.4, 0.5) is 0 Å². The largest absolute Gasteiger partial charge is 0.356 e. The molecular formula is C24H32Cl2N2O2. The van der Waals surface area contributed by atoms with Crippen molar-refractivity contribution >= 4 is 34.9 Å². The monoisotopic (exact) mass is 450 g/mol. The molecule has 0 saturated heterocycles. The first-order valence-corrected chi connectivity index (χ1v) is 11.7. The van der Waals surface area contributed by atoms with Gasteiger partial charge in [-0.2, -0.15) is 0 Å². The second-order valence-electron chi connectivity index (χ2n) is 7.69. The summed E-state index contributed by atoms with van der Waals surface area (Å²) in [5, 5.41) is 3.67. The number of hydrogen-bond acceptors (Lipinski definition) is 2. The first-order valence-electron chi connectivity index (χ1n) is 11.0. The van der Waals surface area contributed by atoms with Crippen molar-refractivity contribution in [3.05, 3.63) is 57.3 Å². The highest BCUT2D eigenvalue weighted by molar-refractivity contribution is 6.37. The fraction of sp³-hybridized carbons (Fsp3) is 0.500. The highest BCUT2D eigenvalue weighted by Crippen LogP contribution is 2.23. The molecule has 0 aliphatic heterocycles. The third-order valence-electron chi connectivity index (χ3n) is 5.18. The fourth-order valence-corrected chi connectivity index (χ4v) is 3.89. The van der Waals surface area contributed by atoms with E-state index in [-0.39, 0.29) is 11.7 Å². The van der Waals surface area contributed by atoms with Crippen LogP contribution in [0.3, 0.4) is 0 Å². The summed E-state index contributed by atoms with van der Waals surface area (Å²) in [6.07, 6.45) is 14.1. The molecule has 0 atom stereocenters. The number of aromatic nitrogens is 1. The van der Waals surface area contributed by atoms with Gasteiger partial charge in [-0.3, -0.25) is 9.59 Å². The van der Waals surface area contributed by atoms with E-state index < -0.39 is 0 Å². The lowest BCUT2D eigenvalue weighted by molar-refractivity contribution is 0.0948.